The zero-order valence-electron chi connectivity index (χ0n) is 30.8. The first kappa shape index (κ1) is 32.7. The van der Waals surface area contributed by atoms with Crippen LogP contribution in [0.15, 0.2) is 215 Å². The first-order valence-electron chi connectivity index (χ1n) is 19.2. The number of hydrogen-bond acceptors (Lipinski definition) is 4. The van der Waals surface area contributed by atoms with Crippen molar-refractivity contribution >= 4 is 60.9 Å². The van der Waals surface area contributed by atoms with Gasteiger partial charge in [-0.2, -0.15) is 0 Å². The van der Waals surface area contributed by atoms with Crippen LogP contribution in [0.3, 0.4) is 0 Å². The van der Waals surface area contributed by atoms with Crippen LogP contribution in [0.4, 0.5) is 17.1 Å². The number of oxazole rings is 1. The van der Waals surface area contributed by atoms with Gasteiger partial charge in [-0.25, -0.2) is 4.98 Å². The number of furan rings is 1. The van der Waals surface area contributed by atoms with Crippen LogP contribution in [0.25, 0.3) is 88.6 Å². The molecule has 0 aliphatic carbocycles. The van der Waals surface area contributed by atoms with Crippen LogP contribution in [0, 0.1) is 0 Å². The molecule has 0 spiro atoms. The van der Waals surface area contributed by atoms with E-state index in [9.17, 15) is 0 Å². The minimum atomic E-state index is 0.571. The van der Waals surface area contributed by atoms with Gasteiger partial charge in [-0.05, 0) is 99.3 Å². The van der Waals surface area contributed by atoms with E-state index in [2.05, 4.69) is 169 Å². The van der Waals surface area contributed by atoms with E-state index in [1.807, 2.05) is 42.5 Å². The quantitative estimate of drug-likeness (QED) is 0.164. The fraction of sp³-hybridized carbons (Fsp3) is 0. The molecule has 268 valence electrons. The van der Waals surface area contributed by atoms with Crippen molar-refractivity contribution in [2.45, 2.75) is 0 Å². The van der Waals surface area contributed by atoms with Gasteiger partial charge >= 0.3 is 0 Å². The minimum Gasteiger partial charge on any atom is -0.456 e. The summed E-state index contributed by atoms with van der Waals surface area (Å²) in [6.45, 7) is 0. The topological polar surface area (TPSA) is 42.4 Å². The molecule has 4 heteroatoms. The number of nitrogens with zero attached hydrogens (tertiary/aromatic N) is 2. The van der Waals surface area contributed by atoms with E-state index in [0.717, 1.165) is 77.9 Å². The Balaban J connectivity index is 1.02. The molecule has 0 fully saturated rings. The molecule has 0 aliphatic heterocycles. The van der Waals surface area contributed by atoms with Gasteiger partial charge in [0.1, 0.15) is 16.7 Å². The number of rotatable bonds is 7. The summed E-state index contributed by atoms with van der Waals surface area (Å²) in [4.78, 5) is 7.34. The molecule has 9 aromatic carbocycles. The molecular formula is C53H34N2O2. The molecule has 0 unspecified atom stereocenters. The predicted octanol–water partition coefficient (Wildman–Crippen LogP) is 15.0. The molecule has 2 aromatic heterocycles. The van der Waals surface area contributed by atoms with E-state index >= 15 is 0 Å². The summed E-state index contributed by atoms with van der Waals surface area (Å²) in [5, 5.41) is 4.51. The number of aromatic nitrogens is 1. The highest BCUT2D eigenvalue weighted by molar-refractivity contribution is 6.12. The van der Waals surface area contributed by atoms with Crippen molar-refractivity contribution < 1.29 is 8.83 Å². The maximum atomic E-state index is 6.66. The van der Waals surface area contributed by atoms with Gasteiger partial charge in [0.15, 0.2) is 5.58 Å². The minimum absolute atomic E-state index is 0.571. The van der Waals surface area contributed by atoms with Gasteiger partial charge in [-0.3, -0.25) is 0 Å². The van der Waals surface area contributed by atoms with Gasteiger partial charge in [0.05, 0.1) is 0 Å². The second-order valence-electron chi connectivity index (χ2n) is 14.3. The Morgan fingerprint density at radius 3 is 1.84 bits per heavy atom. The van der Waals surface area contributed by atoms with Crippen molar-refractivity contribution in [1.82, 2.24) is 4.98 Å². The largest absolute Gasteiger partial charge is 0.456 e. The molecule has 57 heavy (non-hydrogen) atoms. The number of hydrogen-bond donors (Lipinski definition) is 0. The van der Waals surface area contributed by atoms with E-state index < -0.39 is 0 Å². The lowest BCUT2D eigenvalue weighted by atomic mass is 9.97. The molecule has 0 saturated carbocycles. The fourth-order valence-corrected chi connectivity index (χ4v) is 8.23. The highest BCUT2D eigenvalue weighted by Crippen LogP contribution is 2.42. The molecule has 0 atom stereocenters. The van der Waals surface area contributed by atoms with E-state index in [4.69, 9.17) is 13.8 Å². The molecule has 0 amide bonds. The van der Waals surface area contributed by atoms with Crippen LogP contribution in [0.2, 0.25) is 0 Å². The van der Waals surface area contributed by atoms with Crippen LogP contribution in [-0.2, 0) is 0 Å². The molecule has 11 aromatic rings. The van der Waals surface area contributed by atoms with Crippen molar-refractivity contribution in [2.24, 2.45) is 0 Å². The zero-order valence-corrected chi connectivity index (χ0v) is 30.8. The summed E-state index contributed by atoms with van der Waals surface area (Å²) in [7, 11) is 0. The van der Waals surface area contributed by atoms with Gasteiger partial charge < -0.3 is 13.7 Å². The van der Waals surface area contributed by atoms with Gasteiger partial charge in [-0.15, -0.1) is 0 Å². The Morgan fingerprint density at radius 2 is 0.982 bits per heavy atom. The van der Waals surface area contributed by atoms with E-state index in [0.29, 0.717) is 5.89 Å². The van der Waals surface area contributed by atoms with Crippen molar-refractivity contribution in [3.05, 3.63) is 206 Å². The van der Waals surface area contributed by atoms with Crippen LogP contribution in [0.1, 0.15) is 0 Å². The Kier molecular flexibility index (Phi) is 7.78. The summed E-state index contributed by atoms with van der Waals surface area (Å²) >= 11 is 0. The van der Waals surface area contributed by atoms with Crippen LogP contribution >= 0.6 is 0 Å². The number of anilines is 3. The highest BCUT2D eigenvalue weighted by atomic mass is 16.4. The number of para-hydroxylation sites is 2. The van der Waals surface area contributed by atoms with Gasteiger partial charge in [0, 0.05) is 39.0 Å². The molecule has 4 nitrogen and oxygen atoms in total. The second kappa shape index (κ2) is 13.6. The average molecular weight is 731 g/mol. The molecule has 0 saturated heterocycles. The fourth-order valence-electron chi connectivity index (χ4n) is 8.23. The van der Waals surface area contributed by atoms with Gasteiger partial charge in [0.2, 0.25) is 5.89 Å². The molecule has 0 aliphatic rings. The van der Waals surface area contributed by atoms with Crippen LogP contribution in [-0.4, -0.2) is 4.98 Å². The maximum Gasteiger partial charge on any atom is 0.228 e. The molecule has 0 radical (unpaired) electrons. The molecule has 11 rings (SSSR count). The summed E-state index contributed by atoms with van der Waals surface area (Å²) in [5.41, 5.74) is 14.0. The first-order valence-corrected chi connectivity index (χ1v) is 19.2. The van der Waals surface area contributed by atoms with Crippen molar-refractivity contribution in [1.29, 1.82) is 0 Å². The maximum absolute atomic E-state index is 6.66. The summed E-state index contributed by atoms with van der Waals surface area (Å²) in [6, 6.07) is 72.4. The Morgan fingerprint density at radius 1 is 0.368 bits per heavy atom. The predicted molar refractivity (Wildman–Crippen MR) is 235 cm³/mol. The van der Waals surface area contributed by atoms with Gasteiger partial charge in [-0.1, -0.05) is 146 Å². The molecule has 0 bridgehead atoms. The lowest BCUT2D eigenvalue weighted by Gasteiger charge is -2.27. The van der Waals surface area contributed by atoms with Gasteiger partial charge in [0.25, 0.3) is 0 Å². The molecular weight excluding hydrogens is 697 g/mol. The monoisotopic (exact) mass is 730 g/mol. The summed E-state index contributed by atoms with van der Waals surface area (Å²) in [6.07, 6.45) is 0. The Hall–Kier alpha value is -7.69. The molecule has 2 heterocycles. The lowest BCUT2D eigenvalue weighted by molar-refractivity contribution is 0.621. The number of benzene rings is 9. The Bertz CT molecular complexity index is 3240. The van der Waals surface area contributed by atoms with Crippen LogP contribution in [0.5, 0.6) is 0 Å². The molecule has 0 N–H and O–H groups in total. The third-order valence-electron chi connectivity index (χ3n) is 10.9. The standard InChI is InChI=1S/C53H34N2O2/c1-2-13-35(14-3-1)38-17-8-19-41(33-38)55(42-20-9-18-39(34-42)44-23-10-16-36-15-4-5-21-43(36)44)40-31-29-37(30-32-40)45-24-11-26-48-52(45)57-53(54-48)47-25-12-28-50-51(47)46-22-6-7-27-49(46)56-50/h1-34H. The normalized spacial score (nSPS) is 11.5. The summed E-state index contributed by atoms with van der Waals surface area (Å²) < 4.78 is 12.8. The summed E-state index contributed by atoms with van der Waals surface area (Å²) in [5.74, 6) is 0.571. The number of fused-ring (bicyclic) bond motifs is 5. The lowest BCUT2D eigenvalue weighted by Crippen LogP contribution is -2.10. The van der Waals surface area contributed by atoms with Crippen LogP contribution < -0.4 is 4.90 Å². The van der Waals surface area contributed by atoms with E-state index in [-0.39, 0.29) is 0 Å². The van der Waals surface area contributed by atoms with Crippen molar-refractivity contribution in [3.63, 3.8) is 0 Å². The smallest absolute Gasteiger partial charge is 0.228 e. The SMILES string of the molecule is c1ccc(-c2cccc(N(c3ccc(-c4cccc5nc(-c6cccc7oc8ccccc8c67)oc45)cc3)c3cccc(-c4cccc5ccccc45)c3)c2)cc1. The third-order valence-corrected chi connectivity index (χ3v) is 10.9. The zero-order chi connectivity index (χ0) is 37.7. The van der Waals surface area contributed by atoms with E-state index in [1.54, 1.807) is 0 Å². The first-order chi connectivity index (χ1) is 28.2. The third kappa shape index (κ3) is 5.74. The van der Waals surface area contributed by atoms with Crippen molar-refractivity contribution in [3.8, 4) is 44.8 Å². The second-order valence-corrected chi connectivity index (χ2v) is 14.3. The Labute approximate surface area is 329 Å². The van der Waals surface area contributed by atoms with Crippen molar-refractivity contribution in [2.75, 3.05) is 4.90 Å². The highest BCUT2D eigenvalue weighted by Gasteiger charge is 2.20. The van der Waals surface area contributed by atoms with E-state index in [1.165, 1.54) is 21.9 Å². The average Bonchev–Trinajstić information content (AvgIpc) is 3.90.